The summed E-state index contributed by atoms with van der Waals surface area (Å²) < 4.78 is 5.07. The van der Waals surface area contributed by atoms with Crippen LogP contribution in [0.15, 0.2) is 42.6 Å². The van der Waals surface area contributed by atoms with Crippen LogP contribution in [0.4, 0.5) is 10.6 Å². The minimum Gasteiger partial charge on any atom is -0.447 e. The molecule has 1 aromatic heterocycles. The Balaban J connectivity index is 1.69. The Morgan fingerprint density at radius 2 is 2.04 bits per heavy atom. The zero-order chi connectivity index (χ0) is 20.5. The van der Waals surface area contributed by atoms with Crippen LogP contribution in [0.3, 0.4) is 0 Å². The third kappa shape index (κ3) is 6.83. The van der Waals surface area contributed by atoms with Crippen LogP contribution in [-0.2, 0) is 16.0 Å². The normalized spacial score (nSPS) is 11.6. The maximum atomic E-state index is 12.2. The Morgan fingerprint density at radius 1 is 1.29 bits per heavy atom. The lowest BCUT2D eigenvalue weighted by Gasteiger charge is -2.17. The number of aryl methyl sites for hydroxylation is 1. The Hall–Kier alpha value is -2.64. The summed E-state index contributed by atoms with van der Waals surface area (Å²) in [4.78, 5) is 29.5. The highest BCUT2D eigenvalue weighted by atomic mass is 35.5. The number of nitrogens with one attached hydrogen (secondary N) is 1. The van der Waals surface area contributed by atoms with E-state index in [4.69, 9.17) is 16.3 Å². The number of carbonyl (C=O) groups is 2. The van der Waals surface area contributed by atoms with Crippen LogP contribution in [-0.4, -0.2) is 47.2 Å². The second kappa shape index (κ2) is 10.6. The van der Waals surface area contributed by atoms with E-state index in [1.165, 1.54) is 11.1 Å². The van der Waals surface area contributed by atoms with Gasteiger partial charge in [-0.05, 0) is 36.6 Å². The molecule has 1 aromatic carbocycles. The number of aliphatic hydroxyl groups excluding tert-OH is 1. The number of amides is 2. The van der Waals surface area contributed by atoms with Crippen LogP contribution in [0.1, 0.15) is 30.6 Å². The molecule has 2 N–H and O–H groups in total. The quantitative estimate of drug-likeness (QED) is 0.702. The molecule has 0 aliphatic rings. The van der Waals surface area contributed by atoms with Crippen LogP contribution >= 0.6 is 11.6 Å². The predicted molar refractivity (Wildman–Crippen MR) is 107 cm³/mol. The molecule has 28 heavy (non-hydrogen) atoms. The first-order valence-electron chi connectivity index (χ1n) is 8.92. The van der Waals surface area contributed by atoms with Crippen molar-refractivity contribution < 1.29 is 19.4 Å². The number of benzene rings is 1. The van der Waals surface area contributed by atoms with Gasteiger partial charge in [0.05, 0.1) is 12.6 Å². The molecule has 1 heterocycles. The first-order valence-corrected chi connectivity index (χ1v) is 9.29. The molecule has 2 aromatic rings. The Bertz CT molecular complexity index is 796. The van der Waals surface area contributed by atoms with Gasteiger partial charge in [0.25, 0.3) is 0 Å². The predicted octanol–water partition coefficient (Wildman–Crippen LogP) is 3.43. The number of pyridine rings is 1. The maximum Gasteiger partial charge on any atom is 0.412 e. The number of aliphatic hydroxyl groups is 1. The number of aromatic nitrogens is 1. The second-order valence-corrected chi connectivity index (χ2v) is 6.73. The van der Waals surface area contributed by atoms with Gasteiger partial charge in [-0.15, -0.1) is 0 Å². The Morgan fingerprint density at radius 3 is 2.68 bits per heavy atom. The van der Waals surface area contributed by atoms with Gasteiger partial charge in [0.2, 0.25) is 5.91 Å². The average Bonchev–Trinajstić information content (AvgIpc) is 2.67. The fraction of sp³-hybridized carbons (Fsp3) is 0.350. The van der Waals surface area contributed by atoms with Gasteiger partial charge in [-0.1, -0.05) is 35.9 Å². The largest absolute Gasteiger partial charge is 0.447 e. The molecule has 8 heteroatoms. The van der Waals surface area contributed by atoms with Crippen molar-refractivity contribution in [3.05, 3.63) is 58.7 Å². The van der Waals surface area contributed by atoms with Crippen molar-refractivity contribution in [2.75, 3.05) is 25.5 Å². The number of likely N-dealkylation sites (N-methyl/N-ethyl adjacent to an activating group) is 1. The van der Waals surface area contributed by atoms with Gasteiger partial charge in [-0.25, -0.2) is 9.78 Å². The lowest BCUT2D eigenvalue weighted by Crippen LogP contribution is -2.31. The van der Waals surface area contributed by atoms with Crippen molar-refractivity contribution >= 4 is 29.4 Å². The molecule has 1 atom stereocenters. The van der Waals surface area contributed by atoms with E-state index in [1.54, 1.807) is 32.2 Å². The third-order valence-electron chi connectivity index (χ3n) is 4.15. The number of ether oxygens (including phenoxy) is 1. The van der Waals surface area contributed by atoms with Gasteiger partial charge in [0, 0.05) is 24.7 Å². The standard InChI is InChI=1S/C20H24ClN3O4/c1-14(25)16-7-9-18(22-13-16)23-20(27)28-12-11-24(2)19(26)10-8-15-5-3-4-6-17(15)21/h3-7,9,13-14,25H,8,10-12H2,1-2H3,(H,22,23,27). The van der Waals surface area contributed by atoms with E-state index in [1.807, 2.05) is 18.2 Å². The van der Waals surface area contributed by atoms with Crippen LogP contribution < -0.4 is 5.32 Å². The van der Waals surface area contributed by atoms with E-state index in [2.05, 4.69) is 10.3 Å². The number of rotatable bonds is 8. The Labute approximate surface area is 169 Å². The fourth-order valence-corrected chi connectivity index (χ4v) is 2.63. The van der Waals surface area contributed by atoms with E-state index in [-0.39, 0.29) is 19.1 Å². The first kappa shape index (κ1) is 21.7. The first-order chi connectivity index (χ1) is 13.4. The van der Waals surface area contributed by atoms with Gasteiger partial charge in [0.1, 0.15) is 12.4 Å². The number of hydrogen-bond donors (Lipinski definition) is 2. The second-order valence-electron chi connectivity index (χ2n) is 6.32. The molecular formula is C20H24ClN3O4. The summed E-state index contributed by atoms with van der Waals surface area (Å²) in [6.45, 7) is 1.97. The molecule has 0 aliphatic carbocycles. The topological polar surface area (TPSA) is 91.8 Å². The third-order valence-corrected chi connectivity index (χ3v) is 4.52. The minimum atomic E-state index is -0.658. The van der Waals surface area contributed by atoms with Crippen molar-refractivity contribution in [3.63, 3.8) is 0 Å². The molecule has 0 spiro atoms. The minimum absolute atomic E-state index is 0.0562. The summed E-state index contributed by atoms with van der Waals surface area (Å²) in [6, 6.07) is 10.7. The molecular weight excluding hydrogens is 382 g/mol. The van der Waals surface area contributed by atoms with Crippen molar-refractivity contribution in [2.45, 2.75) is 25.9 Å². The molecule has 7 nitrogen and oxygen atoms in total. The molecule has 0 bridgehead atoms. The summed E-state index contributed by atoms with van der Waals surface area (Å²) in [5.74, 6) is 0.262. The van der Waals surface area contributed by atoms with Crippen LogP contribution in [0.25, 0.3) is 0 Å². The van der Waals surface area contributed by atoms with E-state index in [9.17, 15) is 14.7 Å². The van der Waals surface area contributed by atoms with E-state index in [0.717, 1.165) is 5.56 Å². The number of hydrogen-bond acceptors (Lipinski definition) is 5. The van der Waals surface area contributed by atoms with Crippen molar-refractivity contribution in [1.29, 1.82) is 0 Å². The lowest BCUT2D eigenvalue weighted by molar-refractivity contribution is -0.130. The van der Waals surface area contributed by atoms with Crippen LogP contribution in [0, 0.1) is 0 Å². The molecule has 2 rings (SSSR count). The molecule has 1 unspecified atom stereocenters. The molecule has 2 amide bonds. The van der Waals surface area contributed by atoms with E-state index in [0.29, 0.717) is 29.2 Å². The summed E-state index contributed by atoms with van der Waals surface area (Å²) in [5.41, 5.74) is 1.58. The van der Waals surface area contributed by atoms with Gasteiger partial charge in [0.15, 0.2) is 0 Å². The highest BCUT2D eigenvalue weighted by Crippen LogP contribution is 2.17. The van der Waals surface area contributed by atoms with E-state index >= 15 is 0 Å². The highest BCUT2D eigenvalue weighted by molar-refractivity contribution is 6.31. The average molecular weight is 406 g/mol. The van der Waals surface area contributed by atoms with Gasteiger partial charge in [-0.2, -0.15) is 0 Å². The fourth-order valence-electron chi connectivity index (χ4n) is 2.40. The van der Waals surface area contributed by atoms with Gasteiger partial charge < -0.3 is 14.7 Å². The number of anilines is 1. The van der Waals surface area contributed by atoms with Crippen molar-refractivity contribution in [1.82, 2.24) is 9.88 Å². The molecule has 0 aliphatic heterocycles. The highest BCUT2D eigenvalue weighted by Gasteiger charge is 2.11. The van der Waals surface area contributed by atoms with Crippen molar-refractivity contribution in [2.24, 2.45) is 0 Å². The van der Waals surface area contributed by atoms with Crippen molar-refractivity contribution in [3.8, 4) is 0 Å². The van der Waals surface area contributed by atoms with Crippen LogP contribution in [0.5, 0.6) is 0 Å². The molecule has 0 saturated carbocycles. The smallest absolute Gasteiger partial charge is 0.412 e. The molecule has 0 fully saturated rings. The summed E-state index contributed by atoms with van der Waals surface area (Å²) in [6.07, 6.45) is 1.07. The van der Waals surface area contributed by atoms with Gasteiger partial charge in [-0.3, -0.25) is 10.1 Å². The molecule has 0 saturated heterocycles. The number of carbonyl (C=O) groups excluding carboxylic acids is 2. The van der Waals surface area contributed by atoms with Crippen LogP contribution in [0.2, 0.25) is 5.02 Å². The zero-order valence-corrected chi connectivity index (χ0v) is 16.6. The molecule has 150 valence electrons. The summed E-state index contributed by atoms with van der Waals surface area (Å²) in [7, 11) is 1.66. The Kier molecular flexibility index (Phi) is 8.22. The SMILES string of the molecule is CC(O)c1ccc(NC(=O)OCCN(C)C(=O)CCc2ccccc2Cl)nc1. The summed E-state index contributed by atoms with van der Waals surface area (Å²) in [5, 5.41) is 12.6. The number of nitrogens with zero attached hydrogens (tertiary/aromatic N) is 2. The van der Waals surface area contributed by atoms with E-state index < -0.39 is 12.2 Å². The molecule has 0 radical (unpaired) electrons. The maximum absolute atomic E-state index is 12.2. The lowest BCUT2D eigenvalue weighted by atomic mass is 10.1. The summed E-state index contributed by atoms with van der Waals surface area (Å²) >= 11 is 6.09. The monoisotopic (exact) mass is 405 g/mol. The number of halogens is 1. The zero-order valence-electron chi connectivity index (χ0n) is 15.9. The van der Waals surface area contributed by atoms with Gasteiger partial charge >= 0.3 is 6.09 Å².